The second-order valence-electron chi connectivity index (χ2n) is 4.70. The van der Waals surface area contributed by atoms with Crippen molar-refractivity contribution in [3.63, 3.8) is 0 Å². The summed E-state index contributed by atoms with van der Waals surface area (Å²) in [4.78, 5) is 2.68. The lowest BCUT2D eigenvalue weighted by Gasteiger charge is -2.29. The van der Waals surface area contributed by atoms with Crippen LogP contribution >= 0.6 is 0 Å². The Bertz CT molecular complexity index is 152. The van der Waals surface area contributed by atoms with Gasteiger partial charge in [0, 0.05) is 12.6 Å². The molecule has 0 bridgehead atoms. The van der Waals surface area contributed by atoms with Gasteiger partial charge in [-0.25, -0.2) is 0 Å². The number of nitrogens with one attached hydrogen (secondary N) is 1. The maximum atomic E-state index is 3.50. The molecule has 0 aromatic carbocycles. The summed E-state index contributed by atoms with van der Waals surface area (Å²) in [5, 5.41) is 3.50. The Morgan fingerprint density at radius 1 is 1.31 bits per heavy atom. The summed E-state index contributed by atoms with van der Waals surface area (Å²) in [7, 11) is 0. The molecular weight excluding hydrogens is 160 g/mol. The molecule has 76 valence electrons. The number of likely N-dealkylation sites (tertiary alicyclic amines) is 1. The zero-order valence-corrected chi connectivity index (χ0v) is 8.76. The smallest absolute Gasteiger partial charge is 0.00675 e. The monoisotopic (exact) mass is 182 g/mol. The zero-order chi connectivity index (χ0) is 9.10. The van der Waals surface area contributed by atoms with Crippen LogP contribution in [0.5, 0.6) is 0 Å². The molecule has 2 rings (SSSR count). The van der Waals surface area contributed by atoms with E-state index >= 15 is 0 Å². The summed E-state index contributed by atoms with van der Waals surface area (Å²) in [6.45, 7) is 7.56. The van der Waals surface area contributed by atoms with Gasteiger partial charge < -0.3 is 10.2 Å². The van der Waals surface area contributed by atoms with E-state index in [1.54, 1.807) is 0 Å². The summed E-state index contributed by atoms with van der Waals surface area (Å²) in [6.07, 6.45) is 5.66. The molecule has 2 fully saturated rings. The van der Waals surface area contributed by atoms with Crippen LogP contribution < -0.4 is 5.32 Å². The second-order valence-corrected chi connectivity index (χ2v) is 4.70. The van der Waals surface area contributed by atoms with Crippen molar-refractivity contribution in [2.75, 3.05) is 26.2 Å². The molecule has 2 nitrogen and oxygen atoms in total. The molecular formula is C11H22N2. The fraction of sp³-hybridized carbons (Fsp3) is 1.00. The third kappa shape index (κ3) is 2.44. The molecule has 2 aliphatic heterocycles. The molecule has 2 saturated heterocycles. The van der Waals surface area contributed by atoms with Crippen molar-refractivity contribution in [3.05, 3.63) is 0 Å². The van der Waals surface area contributed by atoms with E-state index in [-0.39, 0.29) is 0 Å². The van der Waals surface area contributed by atoms with Crippen molar-refractivity contribution in [2.45, 2.75) is 38.6 Å². The maximum absolute atomic E-state index is 3.50. The topological polar surface area (TPSA) is 15.3 Å². The first kappa shape index (κ1) is 9.47. The van der Waals surface area contributed by atoms with Gasteiger partial charge in [0.2, 0.25) is 0 Å². The third-order valence-corrected chi connectivity index (χ3v) is 3.58. The summed E-state index contributed by atoms with van der Waals surface area (Å²) in [5.74, 6) is 0.925. The third-order valence-electron chi connectivity index (χ3n) is 3.58. The van der Waals surface area contributed by atoms with E-state index in [0.717, 1.165) is 12.0 Å². The van der Waals surface area contributed by atoms with Crippen molar-refractivity contribution in [2.24, 2.45) is 5.92 Å². The molecule has 1 N–H and O–H groups in total. The first-order valence-corrected chi connectivity index (χ1v) is 5.81. The first-order chi connectivity index (χ1) is 6.36. The molecule has 2 heteroatoms. The number of rotatable bonds is 2. The highest BCUT2D eigenvalue weighted by Gasteiger charge is 2.23. The average molecular weight is 182 g/mol. The van der Waals surface area contributed by atoms with Crippen LogP contribution in [0, 0.1) is 5.92 Å². The SMILES string of the molecule is CC1CCCN1CC1CCCNC1. The van der Waals surface area contributed by atoms with Gasteiger partial charge in [0.15, 0.2) is 0 Å². The van der Waals surface area contributed by atoms with Gasteiger partial charge in [-0.15, -0.1) is 0 Å². The van der Waals surface area contributed by atoms with Crippen LogP contribution in [0.2, 0.25) is 0 Å². The Kier molecular flexibility index (Phi) is 3.23. The number of nitrogens with zero attached hydrogens (tertiary/aromatic N) is 1. The molecule has 0 amide bonds. The normalized spacial score (nSPS) is 36.7. The van der Waals surface area contributed by atoms with E-state index in [9.17, 15) is 0 Å². The fourth-order valence-electron chi connectivity index (χ4n) is 2.68. The average Bonchev–Trinajstić information content (AvgIpc) is 2.54. The van der Waals surface area contributed by atoms with Crippen molar-refractivity contribution in [1.29, 1.82) is 0 Å². The van der Waals surface area contributed by atoms with Gasteiger partial charge >= 0.3 is 0 Å². The van der Waals surface area contributed by atoms with Crippen LogP contribution in [-0.2, 0) is 0 Å². The first-order valence-electron chi connectivity index (χ1n) is 5.81. The van der Waals surface area contributed by atoms with Crippen LogP contribution in [0.15, 0.2) is 0 Å². The molecule has 2 unspecified atom stereocenters. The lowest BCUT2D eigenvalue weighted by Crippen LogP contribution is -2.39. The quantitative estimate of drug-likeness (QED) is 0.695. The molecule has 2 aliphatic rings. The van der Waals surface area contributed by atoms with Gasteiger partial charge in [0.25, 0.3) is 0 Å². The zero-order valence-electron chi connectivity index (χ0n) is 8.76. The minimum absolute atomic E-state index is 0.849. The van der Waals surface area contributed by atoms with Gasteiger partial charge in [-0.1, -0.05) is 0 Å². The number of hydrogen-bond acceptors (Lipinski definition) is 2. The van der Waals surface area contributed by atoms with Crippen LogP contribution in [0.1, 0.15) is 32.6 Å². The fourth-order valence-corrected chi connectivity index (χ4v) is 2.68. The number of piperidine rings is 1. The van der Waals surface area contributed by atoms with E-state index in [1.165, 1.54) is 51.9 Å². The van der Waals surface area contributed by atoms with Crippen LogP contribution in [0.4, 0.5) is 0 Å². The Morgan fingerprint density at radius 3 is 2.85 bits per heavy atom. The van der Waals surface area contributed by atoms with E-state index in [0.29, 0.717) is 0 Å². The van der Waals surface area contributed by atoms with Crippen molar-refractivity contribution >= 4 is 0 Å². The van der Waals surface area contributed by atoms with Crippen LogP contribution in [0.25, 0.3) is 0 Å². The predicted molar refractivity (Wildman–Crippen MR) is 55.9 cm³/mol. The molecule has 2 heterocycles. The van der Waals surface area contributed by atoms with Crippen LogP contribution in [0.3, 0.4) is 0 Å². The van der Waals surface area contributed by atoms with Gasteiger partial charge in [0.05, 0.1) is 0 Å². The lowest BCUT2D eigenvalue weighted by molar-refractivity contribution is 0.203. The molecule has 13 heavy (non-hydrogen) atoms. The maximum Gasteiger partial charge on any atom is 0.00675 e. The Morgan fingerprint density at radius 2 is 2.23 bits per heavy atom. The van der Waals surface area contributed by atoms with Gasteiger partial charge in [-0.05, 0) is 58.2 Å². The van der Waals surface area contributed by atoms with Crippen molar-refractivity contribution < 1.29 is 0 Å². The highest BCUT2D eigenvalue weighted by Crippen LogP contribution is 2.20. The molecule has 0 aromatic rings. The van der Waals surface area contributed by atoms with Crippen LogP contribution in [-0.4, -0.2) is 37.1 Å². The highest BCUT2D eigenvalue weighted by molar-refractivity contribution is 4.79. The van der Waals surface area contributed by atoms with Gasteiger partial charge in [0.1, 0.15) is 0 Å². The number of hydrogen-bond donors (Lipinski definition) is 1. The minimum atomic E-state index is 0.849. The highest BCUT2D eigenvalue weighted by atomic mass is 15.2. The summed E-state index contributed by atoms with van der Waals surface area (Å²) in [6, 6.07) is 0.849. The lowest BCUT2D eigenvalue weighted by atomic mass is 9.99. The van der Waals surface area contributed by atoms with Gasteiger partial charge in [-0.2, -0.15) is 0 Å². The summed E-state index contributed by atoms with van der Waals surface area (Å²) >= 11 is 0. The van der Waals surface area contributed by atoms with E-state index in [2.05, 4.69) is 17.1 Å². The van der Waals surface area contributed by atoms with Crippen molar-refractivity contribution in [1.82, 2.24) is 10.2 Å². The van der Waals surface area contributed by atoms with E-state index < -0.39 is 0 Å². The second kappa shape index (κ2) is 4.43. The van der Waals surface area contributed by atoms with E-state index in [1.807, 2.05) is 0 Å². The predicted octanol–water partition coefficient (Wildman–Crippen LogP) is 1.47. The van der Waals surface area contributed by atoms with Gasteiger partial charge in [-0.3, -0.25) is 0 Å². The Balaban J connectivity index is 1.75. The molecule has 0 saturated carbocycles. The Labute approximate surface area is 81.7 Å². The molecule has 0 radical (unpaired) electrons. The summed E-state index contributed by atoms with van der Waals surface area (Å²) < 4.78 is 0. The molecule has 0 aromatic heterocycles. The molecule has 2 atom stereocenters. The molecule has 0 spiro atoms. The van der Waals surface area contributed by atoms with E-state index in [4.69, 9.17) is 0 Å². The minimum Gasteiger partial charge on any atom is -0.316 e. The standard InChI is InChI=1S/C11H22N2/c1-10-4-3-7-13(10)9-11-5-2-6-12-8-11/h10-12H,2-9H2,1H3. The molecule has 0 aliphatic carbocycles. The van der Waals surface area contributed by atoms with Crippen molar-refractivity contribution in [3.8, 4) is 0 Å². The summed E-state index contributed by atoms with van der Waals surface area (Å²) in [5.41, 5.74) is 0. The Hall–Kier alpha value is -0.0800. The largest absolute Gasteiger partial charge is 0.316 e.